The van der Waals surface area contributed by atoms with E-state index >= 15 is 0 Å². The maximum Gasteiger partial charge on any atom is 0.342 e. The van der Waals surface area contributed by atoms with Gasteiger partial charge in [0, 0.05) is 5.69 Å². The lowest BCUT2D eigenvalue weighted by atomic mass is 9.87. The predicted molar refractivity (Wildman–Crippen MR) is 115 cm³/mol. The summed E-state index contributed by atoms with van der Waals surface area (Å²) in [7, 11) is 1.59. The first-order valence-corrected chi connectivity index (χ1v) is 11.1. The van der Waals surface area contributed by atoms with Crippen molar-refractivity contribution in [3.05, 3.63) is 23.8 Å². The van der Waals surface area contributed by atoms with E-state index < -0.39 is 86.3 Å². The number of aliphatic carboxylic acids is 1. The SMILES string of the molecule is C[NH2+]C1[C@H](O)OC(COC(=O)c2cc(N)ccc2O)[C@H](O)[C@@H]1CO[C@@H]1OC(C(=O)O)[C@H](O)[C@H](O)C1O. The molecule has 2 saturated heterocycles. The van der Waals surface area contributed by atoms with Crippen LogP contribution >= 0.6 is 0 Å². The van der Waals surface area contributed by atoms with Crippen molar-refractivity contribution in [2.75, 3.05) is 26.0 Å². The summed E-state index contributed by atoms with van der Waals surface area (Å²) in [6.45, 7) is -0.930. The number of nitrogen functional groups attached to an aromatic ring is 1. The molecule has 11 N–H and O–H groups in total. The predicted octanol–water partition coefficient (Wildman–Crippen LogP) is -4.70. The van der Waals surface area contributed by atoms with Crippen LogP contribution in [0.4, 0.5) is 5.69 Å². The van der Waals surface area contributed by atoms with E-state index in [-0.39, 0.29) is 17.0 Å². The lowest BCUT2D eigenvalue weighted by Crippen LogP contribution is -2.93. The minimum absolute atomic E-state index is 0.206. The minimum Gasteiger partial charge on any atom is -0.507 e. The van der Waals surface area contributed by atoms with Crippen molar-refractivity contribution in [1.29, 1.82) is 0 Å². The van der Waals surface area contributed by atoms with Crippen molar-refractivity contribution in [3.63, 3.8) is 0 Å². The molecule has 202 valence electrons. The van der Waals surface area contributed by atoms with Gasteiger partial charge in [0.05, 0.1) is 25.7 Å². The number of esters is 1. The molecular weight excluding hydrogens is 488 g/mol. The van der Waals surface area contributed by atoms with Crippen LogP contribution in [-0.4, -0.2) is 123 Å². The van der Waals surface area contributed by atoms with Gasteiger partial charge in [0.1, 0.15) is 48.4 Å². The third-order valence-electron chi connectivity index (χ3n) is 6.23. The standard InChI is InChI=1S/C21H30N2O13/c1-23-12-9(5-34-21-16(28)14(26)15(27)17(36-21)18(29)30)13(25)11(35-20(12)32)6-33-19(31)8-4-7(22)2-3-10(8)24/h2-4,9,11-17,20-21,23-28,32H,5-6,22H2,1H3,(H,29,30)/p+1/t9-,11?,12?,13-,14+,15-,16?,17?,20-,21-/m1/s1. The molecule has 1 aromatic rings. The number of ether oxygens (including phenoxy) is 4. The highest BCUT2D eigenvalue weighted by atomic mass is 16.7. The van der Waals surface area contributed by atoms with E-state index in [1.165, 1.54) is 23.5 Å². The molecule has 1 aromatic carbocycles. The summed E-state index contributed by atoms with van der Waals surface area (Å²) >= 11 is 0. The Hall–Kier alpha value is -2.60. The zero-order chi connectivity index (χ0) is 26.7. The smallest absolute Gasteiger partial charge is 0.342 e. The van der Waals surface area contributed by atoms with E-state index in [9.17, 15) is 40.2 Å². The van der Waals surface area contributed by atoms with Crippen LogP contribution in [0.1, 0.15) is 10.4 Å². The fraction of sp³-hybridized carbons (Fsp3) is 0.619. The lowest BCUT2D eigenvalue weighted by Gasteiger charge is -2.42. The number of phenolic OH excluding ortho intramolecular Hbond substituents is 1. The topological polar surface area (TPSA) is 255 Å². The van der Waals surface area contributed by atoms with Crippen molar-refractivity contribution in [2.45, 2.75) is 55.2 Å². The maximum atomic E-state index is 12.4. The Balaban J connectivity index is 1.67. The van der Waals surface area contributed by atoms with Gasteiger partial charge >= 0.3 is 11.9 Å². The molecule has 0 aromatic heterocycles. The maximum absolute atomic E-state index is 12.4. The first-order chi connectivity index (χ1) is 17.0. The van der Waals surface area contributed by atoms with Crippen molar-refractivity contribution in [2.24, 2.45) is 5.92 Å². The number of hydrogen-bond acceptors (Lipinski definition) is 13. The van der Waals surface area contributed by atoms with Crippen molar-refractivity contribution in [3.8, 4) is 5.75 Å². The number of anilines is 1. The first kappa shape index (κ1) is 28.0. The fourth-order valence-corrected chi connectivity index (χ4v) is 4.17. The van der Waals surface area contributed by atoms with Gasteiger partial charge in [-0.15, -0.1) is 0 Å². The number of benzene rings is 1. The van der Waals surface area contributed by atoms with E-state index in [1.54, 1.807) is 7.05 Å². The summed E-state index contributed by atoms with van der Waals surface area (Å²) in [5.74, 6) is -3.82. The number of carbonyl (C=O) groups excluding carboxylic acids is 1. The number of carboxylic acid groups (broad SMARTS) is 1. The Morgan fingerprint density at radius 3 is 2.36 bits per heavy atom. The number of rotatable bonds is 8. The Morgan fingerprint density at radius 2 is 1.72 bits per heavy atom. The number of phenols is 1. The molecule has 2 fully saturated rings. The molecule has 36 heavy (non-hydrogen) atoms. The normalized spacial score (nSPS) is 36.8. The highest BCUT2D eigenvalue weighted by Crippen LogP contribution is 2.28. The van der Waals surface area contributed by atoms with Gasteiger partial charge in [-0.1, -0.05) is 0 Å². The molecule has 4 unspecified atom stereocenters. The number of quaternary nitrogens is 1. The summed E-state index contributed by atoms with van der Waals surface area (Å²) in [5, 5.41) is 71.7. The molecule has 2 aliphatic heterocycles. The van der Waals surface area contributed by atoms with Gasteiger partial charge in [0.2, 0.25) is 6.29 Å². The molecule has 0 saturated carbocycles. The number of carboxylic acids is 1. The fourth-order valence-electron chi connectivity index (χ4n) is 4.17. The van der Waals surface area contributed by atoms with Crippen LogP contribution in [0.3, 0.4) is 0 Å². The second-order valence-corrected chi connectivity index (χ2v) is 8.57. The summed E-state index contributed by atoms with van der Waals surface area (Å²) in [5.41, 5.74) is 5.61. The second-order valence-electron chi connectivity index (χ2n) is 8.57. The van der Waals surface area contributed by atoms with Gasteiger partial charge < -0.3 is 65.7 Å². The van der Waals surface area contributed by atoms with Crippen molar-refractivity contribution >= 4 is 17.6 Å². The number of aliphatic hydroxyl groups is 5. The summed E-state index contributed by atoms with van der Waals surface area (Å²) < 4.78 is 21.0. The zero-order valence-electron chi connectivity index (χ0n) is 19.2. The molecule has 0 aliphatic carbocycles. The monoisotopic (exact) mass is 519 g/mol. The number of hydrogen-bond donors (Lipinski definition) is 9. The van der Waals surface area contributed by atoms with E-state index in [2.05, 4.69) is 0 Å². The number of nitrogens with two attached hydrogens (primary N) is 2. The number of aliphatic hydroxyl groups excluding tert-OH is 5. The highest BCUT2D eigenvalue weighted by Gasteiger charge is 2.50. The van der Waals surface area contributed by atoms with Gasteiger partial charge in [-0.3, -0.25) is 0 Å². The number of likely N-dealkylation sites (N-methyl/N-ethyl adjacent to an activating group) is 1. The van der Waals surface area contributed by atoms with Crippen LogP contribution in [0.5, 0.6) is 5.75 Å². The van der Waals surface area contributed by atoms with Crippen LogP contribution in [0, 0.1) is 5.92 Å². The quantitative estimate of drug-likeness (QED) is 0.0888. The average Bonchev–Trinajstić information content (AvgIpc) is 2.83. The van der Waals surface area contributed by atoms with Gasteiger partial charge in [0.25, 0.3) is 0 Å². The minimum atomic E-state index is -1.90. The van der Waals surface area contributed by atoms with Gasteiger partial charge in [-0.2, -0.15) is 0 Å². The van der Waals surface area contributed by atoms with E-state index in [1.807, 2.05) is 0 Å². The van der Waals surface area contributed by atoms with Crippen LogP contribution in [0.15, 0.2) is 18.2 Å². The van der Waals surface area contributed by atoms with Crippen molar-refractivity contribution in [1.82, 2.24) is 0 Å². The molecule has 0 radical (unpaired) electrons. The van der Waals surface area contributed by atoms with Crippen LogP contribution in [0.25, 0.3) is 0 Å². The van der Waals surface area contributed by atoms with E-state index in [0.29, 0.717) is 0 Å². The molecule has 3 rings (SSSR count). The van der Waals surface area contributed by atoms with E-state index in [0.717, 1.165) is 0 Å². The summed E-state index contributed by atoms with van der Waals surface area (Å²) in [4.78, 5) is 23.6. The molecule has 2 aliphatic rings. The second kappa shape index (κ2) is 11.6. The zero-order valence-corrected chi connectivity index (χ0v) is 19.2. The molecule has 0 amide bonds. The Morgan fingerprint density at radius 1 is 1.03 bits per heavy atom. The largest absolute Gasteiger partial charge is 0.507 e. The lowest BCUT2D eigenvalue weighted by molar-refractivity contribution is -0.694. The summed E-state index contributed by atoms with van der Waals surface area (Å²) in [6, 6.07) is 3.00. The molecule has 15 heteroatoms. The Bertz CT molecular complexity index is 933. The Kier molecular flexibility index (Phi) is 9.04. The third kappa shape index (κ3) is 5.86. The van der Waals surface area contributed by atoms with E-state index in [4.69, 9.17) is 29.8 Å². The average molecular weight is 519 g/mol. The number of carbonyl (C=O) groups is 2. The number of aromatic hydroxyl groups is 1. The highest BCUT2D eigenvalue weighted by molar-refractivity contribution is 5.93. The van der Waals surface area contributed by atoms with Crippen LogP contribution in [-0.2, 0) is 23.7 Å². The third-order valence-corrected chi connectivity index (χ3v) is 6.23. The molecule has 2 heterocycles. The first-order valence-electron chi connectivity index (χ1n) is 11.1. The van der Waals surface area contributed by atoms with Crippen molar-refractivity contribution < 1.29 is 69.6 Å². The van der Waals surface area contributed by atoms with Gasteiger partial charge in [-0.05, 0) is 18.2 Å². The van der Waals surface area contributed by atoms with Gasteiger partial charge in [-0.25, -0.2) is 9.59 Å². The molecule has 15 nitrogen and oxygen atoms in total. The molecule has 10 atom stereocenters. The molecular formula is C21H31N2O13+. The summed E-state index contributed by atoms with van der Waals surface area (Å²) in [6.07, 6.45) is -13.2. The molecule has 0 spiro atoms. The van der Waals surface area contributed by atoms with Crippen LogP contribution < -0.4 is 11.1 Å². The Labute approximate surface area is 204 Å². The van der Waals surface area contributed by atoms with Gasteiger partial charge in [0.15, 0.2) is 12.4 Å². The van der Waals surface area contributed by atoms with Crippen LogP contribution in [0.2, 0.25) is 0 Å². The molecule has 0 bridgehead atoms.